The predicted molar refractivity (Wildman–Crippen MR) is 73.7 cm³/mol. The maximum absolute atomic E-state index is 9.70. The van der Waals surface area contributed by atoms with Gasteiger partial charge in [0.2, 0.25) is 0 Å². The summed E-state index contributed by atoms with van der Waals surface area (Å²) in [6.07, 6.45) is 5.95. The van der Waals surface area contributed by atoms with Crippen LogP contribution in [-0.4, -0.2) is 45.7 Å². The number of aliphatic hydroxyl groups excluding tert-OH is 1. The Morgan fingerprint density at radius 2 is 2.26 bits per heavy atom. The van der Waals surface area contributed by atoms with Gasteiger partial charge in [-0.05, 0) is 6.42 Å². The SMILES string of the molecule is CCCCCCOCC(O)CNCc1ncn(C)n1. The highest BCUT2D eigenvalue weighted by molar-refractivity contribution is 4.80. The minimum absolute atomic E-state index is 0.384. The van der Waals surface area contributed by atoms with Crippen molar-refractivity contribution < 1.29 is 9.84 Å². The highest BCUT2D eigenvalue weighted by atomic mass is 16.5. The summed E-state index contributed by atoms with van der Waals surface area (Å²) in [5.41, 5.74) is 0. The first-order valence-corrected chi connectivity index (χ1v) is 7.03. The van der Waals surface area contributed by atoms with Crippen molar-refractivity contribution in [2.75, 3.05) is 19.8 Å². The van der Waals surface area contributed by atoms with E-state index in [2.05, 4.69) is 22.3 Å². The van der Waals surface area contributed by atoms with Crippen LogP contribution in [0.25, 0.3) is 0 Å². The van der Waals surface area contributed by atoms with Gasteiger partial charge in [-0.3, -0.25) is 4.68 Å². The third-order valence-electron chi connectivity index (χ3n) is 2.76. The van der Waals surface area contributed by atoms with Gasteiger partial charge in [-0.15, -0.1) is 0 Å². The van der Waals surface area contributed by atoms with E-state index in [4.69, 9.17) is 4.74 Å². The van der Waals surface area contributed by atoms with Gasteiger partial charge in [0.1, 0.15) is 6.33 Å². The van der Waals surface area contributed by atoms with Gasteiger partial charge in [0.25, 0.3) is 0 Å². The Labute approximate surface area is 115 Å². The largest absolute Gasteiger partial charge is 0.389 e. The van der Waals surface area contributed by atoms with Crippen molar-refractivity contribution in [3.63, 3.8) is 0 Å². The molecule has 1 aromatic heterocycles. The van der Waals surface area contributed by atoms with E-state index in [1.54, 1.807) is 11.0 Å². The molecule has 1 unspecified atom stereocenters. The molecule has 2 N–H and O–H groups in total. The van der Waals surface area contributed by atoms with Crippen LogP contribution in [0.3, 0.4) is 0 Å². The fourth-order valence-electron chi connectivity index (χ4n) is 1.72. The van der Waals surface area contributed by atoms with E-state index in [1.807, 2.05) is 7.05 Å². The molecule has 0 spiro atoms. The topological polar surface area (TPSA) is 72.2 Å². The molecule has 19 heavy (non-hydrogen) atoms. The zero-order valence-electron chi connectivity index (χ0n) is 12.0. The average molecular weight is 270 g/mol. The first-order valence-electron chi connectivity index (χ1n) is 7.03. The van der Waals surface area contributed by atoms with Gasteiger partial charge in [-0.25, -0.2) is 4.98 Å². The third-order valence-corrected chi connectivity index (χ3v) is 2.76. The second kappa shape index (κ2) is 9.89. The number of hydrogen-bond donors (Lipinski definition) is 2. The molecule has 1 aromatic rings. The van der Waals surface area contributed by atoms with Crippen LogP contribution in [0.4, 0.5) is 0 Å². The number of aromatic nitrogens is 3. The summed E-state index contributed by atoms with van der Waals surface area (Å²) in [7, 11) is 1.83. The average Bonchev–Trinajstić information content (AvgIpc) is 2.79. The Bertz CT molecular complexity index is 330. The Balaban J connectivity index is 1.94. The monoisotopic (exact) mass is 270 g/mol. The normalized spacial score (nSPS) is 12.8. The Kier molecular flexibility index (Phi) is 8.36. The van der Waals surface area contributed by atoms with Gasteiger partial charge in [-0.2, -0.15) is 5.10 Å². The maximum atomic E-state index is 9.70. The van der Waals surface area contributed by atoms with Crippen molar-refractivity contribution in [2.24, 2.45) is 7.05 Å². The van der Waals surface area contributed by atoms with Crippen molar-refractivity contribution in [1.82, 2.24) is 20.1 Å². The summed E-state index contributed by atoms with van der Waals surface area (Å²) in [6, 6.07) is 0. The number of aryl methyl sites for hydroxylation is 1. The molecule has 0 amide bonds. The quantitative estimate of drug-likeness (QED) is 0.584. The van der Waals surface area contributed by atoms with E-state index >= 15 is 0 Å². The van der Waals surface area contributed by atoms with E-state index in [1.165, 1.54) is 19.3 Å². The van der Waals surface area contributed by atoms with E-state index < -0.39 is 6.10 Å². The van der Waals surface area contributed by atoms with Gasteiger partial charge >= 0.3 is 0 Å². The lowest BCUT2D eigenvalue weighted by Gasteiger charge is -2.11. The second-order valence-corrected chi connectivity index (χ2v) is 4.75. The molecule has 0 saturated heterocycles. The summed E-state index contributed by atoms with van der Waals surface area (Å²) in [6.45, 7) is 4.36. The van der Waals surface area contributed by atoms with Crippen molar-refractivity contribution in [3.05, 3.63) is 12.2 Å². The van der Waals surface area contributed by atoms with E-state index in [0.29, 0.717) is 19.7 Å². The zero-order valence-corrected chi connectivity index (χ0v) is 12.0. The molecule has 0 radical (unpaired) electrons. The lowest BCUT2D eigenvalue weighted by molar-refractivity contribution is 0.0352. The fraction of sp³-hybridized carbons (Fsp3) is 0.846. The van der Waals surface area contributed by atoms with E-state index in [-0.39, 0.29) is 0 Å². The molecule has 0 bridgehead atoms. The van der Waals surface area contributed by atoms with Crippen LogP contribution >= 0.6 is 0 Å². The summed E-state index contributed by atoms with van der Waals surface area (Å²) in [5.74, 6) is 0.732. The molecule has 0 aromatic carbocycles. The Morgan fingerprint density at radius 3 is 2.95 bits per heavy atom. The number of nitrogens with zero attached hydrogens (tertiary/aromatic N) is 3. The van der Waals surface area contributed by atoms with Crippen molar-refractivity contribution in [1.29, 1.82) is 0 Å². The maximum Gasteiger partial charge on any atom is 0.164 e. The number of rotatable bonds is 11. The molecule has 6 heteroatoms. The van der Waals surface area contributed by atoms with Crippen LogP contribution in [0.5, 0.6) is 0 Å². The third kappa shape index (κ3) is 7.92. The molecule has 0 aliphatic rings. The van der Waals surface area contributed by atoms with Crippen molar-refractivity contribution in [2.45, 2.75) is 45.3 Å². The minimum Gasteiger partial charge on any atom is -0.389 e. The molecular formula is C13H26N4O2. The van der Waals surface area contributed by atoms with Crippen LogP contribution in [0.1, 0.15) is 38.4 Å². The molecule has 0 aliphatic heterocycles. The smallest absolute Gasteiger partial charge is 0.164 e. The molecule has 1 rings (SSSR count). The van der Waals surface area contributed by atoms with Crippen LogP contribution in [0.2, 0.25) is 0 Å². The first-order chi connectivity index (χ1) is 9.22. The van der Waals surface area contributed by atoms with E-state index in [9.17, 15) is 5.11 Å². The molecule has 0 saturated carbocycles. The summed E-state index contributed by atoms with van der Waals surface area (Å²) >= 11 is 0. The van der Waals surface area contributed by atoms with Gasteiger partial charge in [0.05, 0.1) is 19.3 Å². The Morgan fingerprint density at radius 1 is 1.42 bits per heavy atom. The molecular weight excluding hydrogens is 244 g/mol. The summed E-state index contributed by atoms with van der Waals surface area (Å²) in [4.78, 5) is 4.09. The van der Waals surface area contributed by atoms with E-state index in [0.717, 1.165) is 18.9 Å². The van der Waals surface area contributed by atoms with Crippen LogP contribution < -0.4 is 5.32 Å². The van der Waals surface area contributed by atoms with Gasteiger partial charge in [0, 0.05) is 20.2 Å². The van der Waals surface area contributed by atoms with Crippen molar-refractivity contribution in [3.8, 4) is 0 Å². The number of aliphatic hydroxyl groups is 1. The lowest BCUT2D eigenvalue weighted by atomic mass is 10.2. The number of unbranched alkanes of at least 4 members (excludes halogenated alkanes) is 3. The Hall–Kier alpha value is -0.980. The minimum atomic E-state index is -0.477. The number of ether oxygens (including phenoxy) is 1. The van der Waals surface area contributed by atoms with Gasteiger partial charge in [-0.1, -0.05) is 26.2 Å². The highest BCUT2D eigenvalue weighted by Crippen LogP contribution is 1.99. The molecule has 6 nitrogen and oxygen atoms in total. The van der Waals surface area contributed by atoms with Gasteiger partial charge < -0.3 is 15.2 Å². The van der Waals surface area contributed by atoms with Crippen LogP contribution in [0, 0.1) is 0 Å². The zero-order chi connectivity index (χ0) is 13.9. The standard InChI is InChI=1S/C13H26N4O2/c1-3-4-5-6-7-19-10-12(18)8-14-9-13-15-11-17(2)16-13/h11-12,14,18H,3-10H2,1-2H3. The number of hydrogen-bond acceptors (Lipinski definition) is 5. The molecule has 110 valence electrons. The van der Waals surface area contributed by atoms with Crippen LogP contribution in [0.15, 0.2) is 6.33 Å². The summed E-state index contributed by atoms with van der Waals surface area (Å²) in [5, 5.41) is 17.0. The first kappa shape index (κ1) is 16.1. The van der Waals surface area contributed by atoms with Crippen molar-refractivity contribution >= 4 is 0 Å². The van der Waals surface area contributed by atoms with Gasteiger partial charge in [0.15, 0.2) is 5.82 Å². The highest BCUT2D eigenvalue weighted by Gasteiger charge is 2.05. The fourth-order valence-corrected chi connectivity index (χ4v) is 1.72. The number of nitrogens with one attached hydrogen (secondary N) is 1. The predicted octanol–water partition coefficient (Wildman–Crippen LogP) is 0.862. The second-order valence-electron chi connectivity index (χ2n) is 4.75. The molecule has 1 atom stereocenters. The molecule has 1 heterocycles. The van der Waals surface area contributed by atoms with Crippen LogP contribution in [-0.2, 0) is 18.3 Å². The molecule has 0 aliphatic carbocycles. The lowest BCUT2D eigenvalue weighted by Crippen LogP contribution is -2.30. The molecule has 0 fully saturated rings. The summed E-state index contributed by atoms with van der Waals surface area (Å²) < 4.78 is 7.08.